The minimum absolute atomic E-state index is 0.153. The number of carbonyl (C=O) groups is 1. The van der Waals surface area contributed by atoms with Gasteiger partial charge in [-0.3, -0.25) is 24.3 Å². The molecule has 0 bridgehead atoms. The standard InChI is InChI=1S/C17H16ClFN6O3/c1-10-15(25(27)28)8-20-24(10)11(2)17(26)21-16-5-6-23(22-16)9-12-3-4-13(19)7-14(12)18/h3-8,11H,9H2,1-2H3,(H,21,22,26). The zero-order chi connectivity index (χ0) is 20.4. The van der Waals surface area contributed by atoms with Gasteiger partial charge in [0.2, 0.25) is 5.91 Å². The lowest BCUT2D eigenvalue weighted by Gasteiger charge is -2.12. The zero-order valence-electron chi connectivity index (χ0n) is 15.0. The van der Waals surface area contributed by atoms with Crippen molar-refractivity contribution in [1.29, 1.82) is 0 Å². The number of hydrogen-bond acceptors (Lipinski definition) is 5. The Morgan fingerprint density at radius 1 is 1.43 bits per heavy atom. The molecule has 0 radical (unpaired) electrons. The summed E-state index contributed by atoms with van der Waals surface area (Å²) < 4.78 is 16.0. The van der Waals surface area contributed by atoms with Crippen molar-refractivity contribution < 1.29 is 14.1 Å². The Morgan fingerprint density at radius 2 is 2.18 bits per heavy atom. The number of nitrogens with one attached hydrogen (secondary N) is 1. The highest BCUT2D eigenvalue weighted by Crippen LogP contribution is 2.21. The van der Waals surface area contributed by atoms with E-state index in [1.807, 2.05) is 0 Å². The highest BCUT2D eigenvalue weighted by molar-refractivity contribution is 6.31. The average Bonchev–Trinajstić information content (AvgIpc) is 3.23. The minimum Gasteiger partial charge on any atom is -0.307 e. The number of nitro groups is 1. The molecule has 1 amide bonds. The summed E-state index contributed by atoms with van der Waals surface area (Å²) in [6.07, 6.45) is 2.75. The predicted octanol–water partition coefficient (Wildman–Crippen LogP) is 3.34. The van der Waals surface area contributed by atoms with Crippen molar-refractivity contribution in [3.05, 3.63) is 68.9 Å². The number of hydrogen-bond donors (Lipinski definition) is 1. The van der Waals surface area contributed by atoms with E-state index in [0.29, 0.717) is 17.9 Å². The Kier molecular flexibility index (Phi) is 5.41. The summed E-state index contributed by atoms with van der Waals surface area (Å²) >= 11 is 6.01. The summed E-state index contributed by atoms with van der Waals surface area (Å²) in [6.45, 7) is 3.40. The maximum atomic E-state index is 13.1. The van der Waals surface area contributed by atoms with E-state index < -0.39 is 22.7 Å². The van der Waals surface area contributed by atoms with E-state index in [1.165, 1.54) is 23.7 Å². The molecule has 2 heterocycles. The third kappa shape index (κ3) is 4.01. The first-order valence-corrected chi connectivity index (χ1v) is 8.61. The molecule has 3 aromatic rings. The maximum absolute atomic E-state index is 13.1. The maximum Gasteiger partial charge on any atom is 0.309 e. The van der Waals surface area contributed by atoms with Crippen LogP contribution < -0.4 is 5.32 Å². The Labute approximate surface area is 163 Å². The number of anilines is 1. The van der Waals surface area contributed by atoms with E-state index in [1.54, 1.807) is 29.9 Å². The van der Waals surface area contributed by atoms with Gasteiger partial charge in [0.1, 0.15) is 23.7 Å². The molecule has 28 heavy (non-hydrogen) atoms. The van der Waals surface area contributed by atoms with Gasteiger partial charge in [0.15, 0.2) is 5.82 Å². The number of benzene rings is 1. The monoisotopic (exact) mass is 406 g/mol. The molecule has 9 nitrogen and oxygen atoms in total. The van der Waals surface area contributed by atoms with Crippen molar-refractivity contribution in [2.45, 2.75) is 26.4 Å². The molecule has 0 aliphatic heterocycles. The summed E-state index contributed by atoms with van der Waals surface area (Å²) in [6, 6.07) is 4.91. The van der Waals surface area contributed by atoms with Gasteiger partial charge in [-0.05, 0) is 31.5 Å². The van der Waals surface area contributed by atoms with E-state index in [4.69, 9.17) is 11.6 Å². The van der Waals surface area contributed by atoms with E-state index in [-0.39, 0.29) is 16.4 Å². The highest BCUT2D eigenvalue weighted by atomic mass is 35.5. The number of halogens is 2. The predicted molar refractivity (Wildman–Crippen MR) is 99.7 cm³/mol. The van der Waals surface area contributed by atoms with Gasteiger partial charge < -0.3 is 5.32 Å². The molecular formula is C17H16ClFN6O3. The molecule has 1 atom stereocenters. The van der Waals surface area contributed by atoms with Crippen molar-refractivity contribution in [2.24, 2.45) is 0 Å². The van der Waals surface area contributed by atoms with Gasteiger partial charge in [-0.25, -0.2) is 4.39 Å². The van der Waals surface area contributed by atoms with Crippen LogP contribution in [-0.2, 0) is 11.3 Å². The Morgan fingerprint density at radius 3 is 2.82 bits per heavy atom. The average molecular weight is 407 g/mol. The lowest BCUT2D eigenvalue weighted by Crippen LogP contribution is -2.25. The highest BCUT2D eigenvalue weighted by Gasteiger charge is 2.24. The second kappa shape index (κ2) is 7.77. The van der Waals surface area contributed by atoms with Crippen LogP contribution in [0.3, 0.4) is 0 Å². The Hall–Kier alpha value is -3.27. The van der Waals surface area contributed by atoms with Crippen molar-refractivity contribution in [1.82, 2.24) is 19.6 Å². The fraction of sp³-hybridized carbons (Fsp3) is 0.235. The molecule has 146 valence electrons. The molecule has 1 N–H and O–H groups in total. The molecule has 0 aliphatic rings. The Balaban J connectivity index is 1.69. The van der Waals surface area contributed by atoms with Gasteiger partial charge in [-0.2, -0.15) is 10.2 Å². The summed E-state index contributed by atoms with van der Waals surface area (Å²) in [5.41, 5.74) is 0.807. The van der Waals surface area contributed by atoms with Gasteiger partial charge in [0.05, 0.1) is 11.5 Å². The third-order valence-corrected chi connectivity index (χ3v) is 4.55. The number of amides is 1. The lowest BCUT2D eigenvalue weighted by atomic mass is 10.2. The zero-order valence-corrected chi connectivity index (χ0v) is 15.7. The molecule has 1 aromatic carbocycles. The third-order valence-electron chi connectivity index (χ3n) is 4.20. The summed E-state index contributed by atoms with van der Waals surface area (Å²) in [4.78, 5) is 22.8. The van der Waals surface area contributed by atoms with Crippen molar-refractivity contribution >= 4 is 29.0 Å². The molecule has 0 aliphatic carbocycles. The van der Waals surface area contributed by atoms with E-state index in [0.717, 1.165) is 6.20 Å². The summed E-state index contributed by atoms with van der Waals surface area (Å²) in [5.74, 6) is -0.550. The van der Waals surface area contributed by atoms with Crippen molar-refractivity contribution in [3.63, 3.8) is 0 Å². The quantitative estimate of drug-likeness (QED) is 0.499. The van der Waals surface area contributed by atoms with Crippen molar-refractivity contribution in [2.75, 3.05) is 5.32 Å². The minimum atomic E-state index is -0.773. The first-order valence-electron chi connectivity index (χ1n) is 8.23. The van der Waals surface area contributed by atoms with E-state index in [2.05, 4.69) is 15.5 Å². The van der Waals surface area contributed by atoms with Crippen LogP contribution in [-0.4, -0.2) is 30.4 Å². The van der Waals surface area contributed by atoms with Crippen LogP contribution in [0.4, 0.5) is 15.9 Å². The van der Waals surface area contributed by atoms with Crippen LogP contribution in [0.25, 0.3) is 0 Å². The van der Waals surface area contributed by atoms with Crippen molar-refractivity contribution in [3.8, 4) is 0 Å². The van der Waals surface area contributed by atoms with Crippen LogP contribution >= 0.6 is 11.6 Å². The largest absolute Gasteiger partial charge is 0.309 e. The second-order valence-corrected chi connectivity index (χ2v) is 6.52. The van der Waals surface area contributed by atoms with E-state index in [9.17, 15) is 19.3 Å². The number of aromatic nitrogens is 4. The van der Waals surface area contributed by atoms with Crippen LogP contribution in [0.15, 0.2) is 36.7 Å². The number of carbonyl (C=O) groups excluding carboxylic acids is 1. The molecule has 0 fully saturated rings. The lowest BCUT2D eigenvalue weighted by molar-refractivity contribution is -0.385. The summed E-state index contributed by atoms with van der Waals surface area (Å²) in [5, 5.41) is 22.0. The normalized spacial score (nSPS) is 12.0. The second-order valence-electron chi connectivity index (χ2n) is 6.12. The van der Waals surface area contributed by atoms with Gasteiger partial charge in [0.25, 0.3) is 0 Å². The summed E-state index contributed by atoms with van der Waals surface area (Å²) in [7, 11) is 0. The van der Waals surface area contributed by atoms with Gasteiger partial charge in [-0.1, -0.05) is 17.7 Å². The fourth-order valence-corrected chi connectivity index (χ4v) is 2.89. The topological polar surface area (TPSA) is 108 Å². The number of rotatable bonds is 6. The van der Waals surface area contributed by atoms with Crippen LogP contribution in [0.1, 0.15) is 24.2 Å². The SMILES string of the molecule is Cc1c([N+](=O)[O-])cnn1C(C)C(=O)Nc1ccn(Cc2ccc(F)cc2Cl)n1. The Bertz CT molecular complexity index is 1050. The van der Waals surface area contributed by atoms with Gasteiger partial charge in [0, 0.05) is 17.3 Å². The molecule has 0 saturated heterocycles. The first-order chi connectivity index (χ1) is 13.3. The number of nitrogens with zero attached hydrogens (tertiary/aromatic N) is 5. The van der Waals surface area contributed by atoms with Gasteiger partial charge in [-0.15, -0.1) is 0 Å². The molecule has 0 saturated carbocycles. The van der Waals surface area contributed by atoms with E-state index >= 15 is 0 Å². The molecule has 11 heteroatoms. The molecular weight excluding hydrogens is 391 g/mol. The molecule has 1 unspecified atom stereocenters. The van der Waals surface area contributed by atoms with Crippen LogP contribution in [0, 0.1) is 22.9 Å². The first kappa shape index (κ1) is 19.5. The van der Waals surface area contributed by atoms with Crippen LogP contribution in [0.2, 0.25) is 5.02 Å². The smallest absolute Gasteiger partial charge is 0.307 e. The molecule has 3 rings (SSSR count). The van der Waals surface area contributed by atoms with Gasteiger partial charge >= 0.3 is 5.69 Å². The molecule has 2 aromatic heterocycles. The van der Waals surface area contributed by atoms with Crippen LogP contribution in [0.5, 0.6) is 0 Å². The fourth-order valence-electron chi connectivity index (χ4n) is 2.67. The molecule has 0 spiro atoms.